The van der Waals surface area contributed by atoms with E-state index in [1.807, 2.05) is 48.5 Å². The summed E-state index contributed by atoms with van der Waals surface area (Å²) in [5.74, 6) is 1.31. The molecule has 5 rings (SSSR count). The molecule has 2 aromatic carbocycles. The van der Waals surface area contributed by atoms with E-state index < -0.39 is 0 Å². The highest BCUT2D eigenvalue weighted by atomic mass is 32.2. The summed E-state index contributed by atoms with van der Waals surface area (Å²) in [7, 11) is 0. The monoisotopic (exact) mass is 422 g/mol. The van der Waals surface area contributed by atoms with Crippen molar-refractivity contribution in [3.63, 3.8) is 0 Å². The third-order valence-corrected chi connectivity index (χ3v) is 5.90. The Labute approximate surface area is 175 Å². The predicted octanol–water partition coefficient (Wildman–Crippen LogP) is 3.40. The lowest BCUT2D eigenvalue weighted by molar-refractivity contribution is -0.122. The van der Waals surface area contributed by atoms with E-state index in [-0.39, 0.29) is 12.7 Å². The molecule has 1 aromatic heterocycles. The van der Waals surface area contributed by atoms with Gasteiger partial charge < -0.3 is 9.47 Å². The number of rotatable bonds is 4. The number of thioether (sulfide) groups is 1. The van der Waals surface area contributed by atoms with Gasteiger partial charge in [-0.05, 0) is 41.5 Å². The Balaban J connectivity index is 1.33. The first-order chi connectivity index (χ1) is 14.2. The third-order valence-electron chi connectivity index (χ3n) is 4.53. The fourth-order valence-electron chi connectivity index (χ4n) is 3.07. The number of thiocarbonyl (C=S) groups is 1. The Morgan fingerprint density at radius 1 is 1.14 bits per heavy atom. The van der Waals surface area contributed by atoms with E-state index in [0.29, 0.717) is 27.3 Å². The molecule has 3 heterocycles. The molecule has 0 saturated carbocycles. The summed E-state index contributed by atoms with van der Waals surface area (Å²) in [4.78, 5) is 19.0. The van der Waals surface area contributed by atoms with Crippen LogP contribution in [-0.4, -0.2) is 36.7 Å². The first-order valence-corrected chi connectivity index (χ1v) is 9.99. The largest absolute Gasteiger partial charge is 0.454 e. The van der Waals surface area contributed by atoms with E-state index in [1.54, 1.807) is 15.9 Å². The fraction of sp³-hybridized carbons (Fsp3) is 0.100. The van der Waals surface area contributed by atoms with E-state index >= 15 is 0 Å². The Morgan fingerprint density at radius 2 is 1.97 bits per heavy atom. The number of amides is 1. The van der Waals surface area contributed by atoms with Gasteiger partial charge in [-0.25, -0.2) is 9.67 Å². The number of ether oxygens (including phenoxy) is 2. The summed E-state index contributed by atoms with van der Waals surface area (Å²) in [6.45, 7) is 0.613. The molecule has 9 heteroatoms. The van der Waals surface area contributed by atoms with Crippen LogP contribution < -0.4 is 9.47 Å². The van der Waals surface area contributed by atoms with E-state index in [2.05, 4.69) is 10.1 Å². The van der Waals surface area contributed by atoms with Gasteiger partial charge in [0, 0.05) is 0 Å². The number of aromatic nitrogens is 3. The summed E-state index contributed by atoms with van der Waals surface area (Å²) in [6.07, 6.45) is 4.97. The minimum Gasteiger partial charge on any atom is -0.454 e. The summed E-state index contributed by atoms with van der Waals surface area (Å²) >= 11 is 6.75. The highest BCUT2D eigenvalue weighted by Crippen LogP contribution is 2.36. The highest BCUT2D eigenvalue weighted by molar-refractivity contribution is 8.26. The molecule has 0 unspecified atom stereocenters. The van der Waals surface area contributed by atoms with Gasteiger partial charge in [0.1, 0.15) is 17.0 Å². The third kappa shape index (κ3) is 3.50. The normalized spacial score (nSPS) is 16.8. The molecule has 3 aromatic rings. The van der Waals surface area contributed by atoms with Gasteiger partial charge in [0.25, 0.3) is 5.91 Å². The van der Waals surface area contributed by atoms with Crippen molar-refractivity contribution >= 4 is 40.3 Å². The smallest absolute Gasteiger partial charge is 0.266 e. The van der Waals surface area contributed by atoms with E-state index in [4.69, 9.17) is 21.7 Å². The molecule has 1 fully saturated rings. The number of hydrogen-bond donors (Lipinski definition) is 0. The number of nitrogens with zero attached hydrogens (tertiary/aromatic N) is 4. The minimum absolute atomic E-state index is 0.0991. The Morgan fingerprint density at radius 3 is 2.76 bits per heavy atom. The summed E-state index contributed by atoms with van der Waals surface area (Å²) in [5, 5.41) is 4.10. The molecular formula is C20H14N4O3S2. The first-order valence-electron chi connectivity index (χ1n) is 8.76. The number of hydrogen-bond acceptors (Lipinski definition) is 7. The van der Waals surface area contributed by atoms with Crippen LogP contribution in [0.15, 0.2) is 60.0 Å². The molecule has 1 saturated heterocycles. The lowest BCUT2D eigenvalue weighted by Gasteiger charge is -2.14. The molecule has 0 N–H and O–H groups in total. The number of fused-ring (bicyclic) bond motifs is 1. The molecule has 0 spiro atoms. The quantitative estimate of drug-likeness (QED) is 0.471. The average molecular weight is 422 g/mol. The summed E-state index contributed by atoms with van der Waals surface area (Å²) in [5.41, 5.74) is 2.75. The first kappa shape index (κ1) is 17.9. The van der Waals surface area contributed by atoms with Gasteiger partial charge in [-0.15, -0.1) is 0 Å². The van der Waals surface area contributed by atoms with Crippen LogP contribution in [0.4, 0.5) is 0 Å². The maximum Gasteiger partial charge on any atom is 0.266 e. The second-order valence-electron chi connectivity index (χ2n) is 6.39. The van der Waals surface area contributed by atoms with E-state index in [0.717, 1.165) is 16.8 Å². The molecule has 0 aliphatic carbocycles. The van der Waals surface area contributed by atoms with Crippen molar-refractivity contribution in [1.29, 1.82) is 0 Å². The van der Waals surface area contributed by atoms with Crippen LogP contribution in [0.25, 0.3) is 11.8 Å². The van der Waals surface area contributed by atoms with Crippen molar-refractivity contribution in [2.45, 2.75) is 6.54 Å². The highest BCUT2D eigenvalue weighted by Gasteiger charge is 2.32. The van der Waals surface area contributed by atoms with Crippen LogP contribution in [0.3, 0.4) is 0 Å². The molecular weight excluding hydrogens is 408 g/mol. The molecule has 1 amide bonds. The van der Waals surface area contributed by atoms with Crippen molar-refractivity contribution in [2.24, 2.45) is 0 Å². The van der Waals surface area contributed by atoms with Gasteiger partial charge in [0.05, 0.1) is 17.1 Å². The number of benzene rings is 2. The maximum atomic E-state index is 12.9. The Kier molecular flexibility index (Phi) is 4.53. The number of carbonyl (C=O) groups excluding carboxylic acids is 1. The summed E-state index contributed by atoms with van der Waals surface area (Å²) < 4.78 is 13.0. The Bertz CT molecular complexity index is 1130. The van der Waals surface area contributed by atoms with Crippen molar-refractivity contribution in [3.8, 4) is 17.2 Å². The van der Waals surface area contributed by atoms with E-state index in [1.165, 1.54) is 18.1 Å². The second kappa shape index (κ2) is 7.34. The van der Waals surface area contributed by atoms with Gasteiger partial charge >= 0.3 is 0 Å². The van der Waals surface area contributed by atoms with Crippen LogP contribution in [0.2, 0.25) is 0 Å². The molecule has 2 aliphatic rings. The van der Waals surface area contributed by atoms with Gasteiger partial charge in [-0.3, -0.25) is 9.69 Å². The van der Waals surface area contributed by atoms with Crippen LogP contribution in [-0.2, 0) is 11.3 Å². The zero-order valence-electron chi connectivity index (χ0n) is 15.0. The van der Waals surface area contributed by atoms with Crippen LogP contribution in [0.5, 0.6) is 11.5 Å². The molecule has 0 bridgehead atoms. The summed E-state index contributed by atoms with van der Waals surface area (Å²) in [6, 6.07) is 13.4. The van der Waals surface area contributed by atoms with Crippen LogP contribution in [0, 0.1) is 0 Å². The zero-order valence-corrected chi connectivity index (χ0v) is 16.7. The Hall–Kier alpha value is -3.17. The van der Waals surface area contributed by atoms with Gasteiger partial charge in [-0.1, -0.05) is 42.2 Å². The second-order valence-corrected chi connectivity index (χ2v) is 8.06. The van der Waals surface area contributed by atoms with Crippen molar-refractivity contribution < 1.29 is 14.3 Å². The topological polar surface area (TPSA) is 69.5 Å². The molecule has 2 aliphatic heterocycles. The number of carbonyl (C=O) groups is 1. The molecule has 0 radical (unpaired) electrons. The van der Waals surface area contributed by atoms with Crippen LogP contribution >= 0.6 is 24.0 Å². The van der Waals surface area contributed by atoms with Gasteiger partial charge in [0.15, 0.2) is 11.5 Å². The van der Waals surface area contributed by atoms with Gasteiger partial charge in [0.2, 0.25) is 6.79 Å². The van der Waals surface area contributed by atoms with E-state index in [9.17, 15) is 4.79 Å². The van der Waals surface area contributed by atoms with Crippen molar-refractivity contribution in [1.82, 2.24) is 19.7 Å². The molecule has 29 heavy (non-hydrogen) atoms. The maximum absolute atomic E-state index is 12.9. The van der Waals surface area contributed by atoms with Gasteiger partial charge in [-0.2, -0.15) is 5.10 Å². The fourth-order valence-corrected chi connectivity index (χ4v) is 4.33. The average Bonchev–Trinajstić information content (AvgIpc) is 3.47. The minimum atomic E-state index is -0.0991. The molecule has 0 atom stereocenters. The SMILES string of the molecule is O=C1C(=Cc2ccc(-n3cncn3)cc2)SC(=S)N1Cc1ccc2c(c1)OCO2. The van der Waals surface area contributed by atoms with Crippen LogP contribution in [0.1, 0.15) is 11.1 Å². The zero-order chi connectivity index (χ0) is 19.8. The molecule has 7 nitrogen and oxygen atoms in total. The predicted molar refractivity (Wildman–Crippen MR) is 113 cm³/mol. The lowest BCUT2D eigenvalue weighted by atomic mass is 10.1. The lowest BCUT2D eigenvalue weighted by Crippen LogP contribution is -2.27. The standard InChI is InChI=1S/C20H14N4O3S2/c25-19-18(8-13-1-4-15(5-2-13)24-11-21-10-22-24)29-20(28)23(19)9-14-3-6-16-17(7-14)27-12-26-16/h1-8,10-11H,9,12H2. The van der Waals surface area contributed by atoms with Crippen molar-refractivity contribution in [3.05, 3.63) is 71.2 Å². The van der Waals surface area contributed by atoms with Crippen molar-refractivity contribution in [2.75, 3.05) is 6.79 Å². The molecule has 144 valence electrons.